The molecule has 1 saturated heterocycles. The molecule has 1 aliphatic heterocycles. The van der Waals surface area contributed by atoms with Crippen LogP contribution in [0, 0.1) is 5.41 Å². The highest BCUT2D eigenvalue weighted by Gasteiger charge is 2.47. The zero-order valence-electron chi connectivity index (χ0n) is 12.2. The van der Waals surface area contributed by atoms with Gasteiger partial charge in [0.15, 0.2) is 0 Å². The first-order valence-electron chi connectivity index (χ1n) is 7.37. The smallest absolute Gasteiger partial charge is 0.317 e. The van der Waals surface area contributed by atoms with Crippen LogP contribution in [0.3, 0.4) is 0 Å². The first kappa shape index (κ1) is 15.1. The standard InChI is InChI=1S/C14H24N2O4/c1-3-16(10-6-4-5-7-10)13(19)15-11-8-20-9-14(11,2)12(17)18/h10-11H,3-9H2,1-2H3,(H,15,19)(H,17,18). The Morgan fingerprint density at radius 3 is 2.60 bits per heavy atom. The van der Waals surface area contributed by atoms with Crippen molar-refractivity contribution >= 4 is 12.0 Å². The Morgan fingerprint density at radius 1 is 1.40 bits per heavy atom. The van der Waals surface area contributed by atoms with Crippen LogP contribution in [-0.4, -0.2) is 53.8 Å². The van der Waals surface area contributed by atoms with E-state index in [1.807, 2.05) is 11.8 Å². The van der Waals surface area contributed by atoms with Gasteiger partial charge in [0.2, 0.25) is 0 Å². The summed E-state index contributed by atoms with van der Waals surface area (Å²) in [6.07, 6.45) is 4.40. The molecule has 1 saturated carbocycles. The molecule has 2 aliphatic rings. The molecule has 2 amide bonds. The second-order valence-electron chi connectivity index (χ2n) is 5.96. The lowest BCUT2D eigenvalue weighted by atomic mass is 9.85. The highest BCUT2D eigenvalue weighted by atomic mass is 16.5. The first-order chi connectivity index (χ1) is 9.49. The molecular formula is C14H24N2O4. The van der Waals surface area contributed by atoms with Gasteiger partial charge in [-0.15, -0.1) is 0 Å². The fraction of sp³-hybridized carbons (Fsp3) is 0.857. The summed E-state index contributed by atoms with van der Waals surface area (Å²) < 4.78 is 5.26. The van der Waals surface area contributed by atoms with Crippen LogP contribution in [0.5, 0.6) is 0 Å². The number of rotatable bonds is 4. The summed E-state index contributed by atoms with van der Waals surface area (Å²) >= 11 is 0. The van der Waals surface area contributed by atoms with Crippen LogP contribution in [-0.2, 0) is 9.53 Å². The molecular weight excluding hydrogens is 260 g/mol. The van der Waals surface area contributed by atoms with Crippen LogP contribution >= 0.6 is 0 Å². The van der Waals surface area contributed by atoms with Crippen molar-refractivity contribution in [3.8, 4) is 0 Å². The van der Waals surface area contributed by atoms with Crippen molar-refractivity contribution in [1.82, 2.24) is 10.2 Å². The number of carbonyl (C=O) groups is 2. The van der Waals surface area contributed by atoms with Crippen molar-refractivity contribution < 1.29 is 19.4 Å². The molecule has 0 radical (unpaired) electrons. The van der Waals surface area contributed by atoms with E-state index < -0.39 is 17.4 Å². The summed E-state index contributed by atoms with van der Waals surface area (Å²) in [5, 5.41) is 12.2. The molecule has 2 rings (SSSR count). The fourth-order valence-electron chi connectivity index (χ4n) is 3.10. The van der Waals surface area contributed by atoms with Crippen LogP contribution < -0.4 is 5.32 Å². The van der Waals surface area contributed by atoms with Crippen LogP contribution in [0.1, 0.15) is 39.5 Å². The van der Waals surface area contributed by atoms with E-state index in [1.165, 1.54) is 0 Å². The lowest BCUT2D eigenvalue weighted by Crippen LogP contribution is -2.54. The molecule has 2 fully saturated rings. The number of carboxylic acid groups (broad SMARTS) is 1. The average molecular weight is 284 g/mol. The Morgan fingerprint density at radius 2 is 2.05 bits per heavy atom. The van der Waals surface area contributed by atoms with E-state index in [4.69, 9.17) is 4.74 Å². The molecule has 1 aliphatic carbocycles. The summed E-state index contributed by atoms with van der Waals surface area (Å²) in [6, 6.07) is -0.344. The molecule has 0 bridgehead atoms. The van der Waals surface area contributed by atoms with E-state index in [0.29, 0.717) is 12.6 Å². The number of ether oxygens (including phenoxy) is 1. The number of amides is 2. The Balaban J connectivity index is 2.00. The van der Waals surface area contributed by atoms with Gasteiger partial charge in [0, 0.05) is 12.6 Å². The predicted octanol–water partition coefficient (Wildman–Crippen LogP) is 1.45. The van der Waals surface area contributed by atoms with Gasteiger partial charge in [-0.25, -0.2) is 4.79 Å². The molecule has 0 aromatic heterocycles. The molecule has 6 heteroatoms. The second-order valence-corrected chi connectivity index (χ2v) is 5.96. The third kappa shape index (κ3) is 2.75. The maximum atomic E-state index is 12.4. The average Bonchev–Trinajstić information content (AvgIpc) is 3.02. The maximum absolute atomic E-state index is 12.4. The van der Waals surface area contributed by atoms with Crippen molar-refractivity contribution in [2.75, 3.05) is 19.8 Å². The third-order valence-electron chi connectivity index (χ3n) is 4.61. The van der Waals surface area contributed by atoms with Crippen LogP contribution in [0.25, 0.3) is 0 Å². The molecule has 0 aromatic rings. The van der Waals surface area contributed by atoms with E-state index in [0.717, 1.165) is 25.7 Å². The van der Waals surface area contributed by atoms with Crippen molar-refractivity contribution in [2.45, 2.75) is 51.6 Å². The summed E-state index contributed by atoms with van der Waals surface area (Å²) in [6.45, 7) is 4.63. The van der Waals surface area contributed by atoms with E-state index in [1.54, 1.807) is 6.92 Å². The number of aliphatic carboxylic acids is 1. The molecule has 0 spiro atoms. The topological polar surface area (TPSA) is 78.9 Å². The third-order valence-corrected chi connectivity index (χ3v) is 4.61. The second kappa shape index (κ2) is 5.99. The number of hydrogen-bond acceptors (Lipinski definition) is 3. The largest absolute Gasteiger partial charge is 0.481 e. The molecule has 6 nitrogen and oxygen atoms in total. The number of carbonyl (C=O) groups excluding carboxylic acids is 1. The molecule has 2 N–H and O–H groups in total. The van der Waals surface area contributed by atoms with Crippen molar-refractivity contribution in [2.24, 2.45) is 5.41 Å². The van der Waals surface area contributed by atoms with Crippen LogP contribution in [0.2, 0.25) is 0 Å². The van der Waals surface area contributed by atoms with Crippen molar-refractivity contribution in [1.29, 1.82) is 0 Å². The molecule has 2 atom stereocenters. The van der Waals surface area contributed by atoms with Gasteiger partial charge in [-0.1, -0.05) is 12.8 Å². The number of carboxylic acids is 1. The molecule has 20 heavy (non-hydrogen) atoms. The number of nitrogens with zero attached hydrogens (tertiary/aromatic N) is 1. The lowest BCUT2D eigenvalue weighted by Gasteiger charge is -2.32. The zero-order chi connectivity index (χ0) is 14.8. The Kier molecular flexibility index (Phi) is 4.52. The first-order valence-corrected chi connectivity index (χ1v) is 7.37. The minimum absolute atomic E-state index is 0.142. The normalized spacial score (nSPS) is 30.4. The summed E-state index contributed by atoms with van der Waals surface area (Å²) in [5.74, 6) is -0.927. The summed E-state index contributed by atoms with van der Waals surface area (Å²) in [5.41, 5.74) is -1.04. The molecule has 2 unspecified atom stereocenters. The van der Waals surface area contributed by atoms with Gasteiger partial charge in [0.1, 0.15) is 5.41 Å². The highest BCUT2D eigenvalue weighted by molar-refractivity contribution is 5.79. The van der Waals surface area contributed by atoms with Crippen molar-refractivity contribution in [3.05, 3.63) is 0 Å². The minimum Gasteiger partial charge on any atom is -0.481 e. The number of urea groups is 1. The van der Waals surface area contributed by atoms with Gasteiger partial charge in [0.05, 0.1) is 19.3 Å². The van der Waals surface area contributed by atoms with Gasteiger partial charge < -0.3 is 20.1 Å². The Hall–Kier alpha value is -1.30. The Labute approximate surface area is 119 Å². The van der Waals surface area contributed by atoms with E-state index in [-0.39, 0.29) is 19.2 Å². The van der Waals surface area contributed by atoms with Gasteiger partial charge in [0.25, 0.3) is 0 Å². The monoisotopic (exact) mass is 284 g/mol. The zero-order valence-corrected chi connectivity index (χ0v) is 12.2. The van der Waals surface area contributed by atoms with Crippen LogP contribution in [0.4, 0.5) is 4.79 Å². The van der Waals surface area contributed by atoms with E-state index in [9.17, 15) is 14.7 Å². The van der Waals surface area contributed by atoms with Crippen molar-refractivity contribution in [3.63, 3.8) is 0 Å². The maximum Gasteiger partial charge on any atom is 0.317 e. The SMILES string of the molecule is CCN(C(=O)NC1COCC1(C)C(=O)O)C1CCCC1. The molecule has 0 aromatic carbocycles. The summed E-state index contributed by atoms with van der Waals surface area (Å²) in [7, 11) is 0. The van der Waals surface area contributed by atoms with E-state index >= 15 is 0 Å². The minimum atomic E-state index is -1.04. The quantitative estimate of drug-likeness (QED) is 0.819. The molecule has 114 valence electrons. The van der Waals surface area contributed by atoms with Gasteiger partial charge >= 0.3 is 12.0 Å². The predicted molar refractivity (Wildman–Crippen MR) is 73.5 cm³/mol. The number of hydrogen-bond donors (Lipinski definition) is 2. The fourth-order valence-corrected chi connectivity index (χ4v) is 3.10. The molecule has 1 heterocycles. The summed E-state index contributed by atoms with van der Waals surface area (Å²) in [4.78, 5) is 25.6. The van der Waals surface area contributed by atoms with Gasteiger partial charge in [-0.3, -0.25) is 4.79 Å². The number of nitrogens with one attached hydrogen (secondary N) is 1. The van der Waals surface area contributed by atoms with Gasteiger partial charge in [-0.05, 0) is 26.7 Å². The Bertz CT molecular complexity index is 381. The van der Waals surface area contributed by atoms with Crippen LogP contribution in [0.15, 0.2) is 0 Å². The van der Waals surface area contributed by atoms with E-state index in [2.05, 4.69) is 5.32 Å². The highest BCUT2D eigenvalue weighted by Crippen LogP contribution is 2.29. The van der Waals surface area contributed by atoms with Gasteiger partial charge in [-0.2, -0.15) is 0 Å². The lowest BCUT2D eigenvalue weighted by molar-refractivity contribution is -0.148.